The number of H-pyrrole nitrogens is 1. The third-order valence-electron chi connectivity index (χ3n) is 2.99. The number of aromatic nitrogens is 1. The van der Waals surface area contributed by atoms with Crippen LogP contribution in [0.15, 0.2) is 12.1 Å². The van der Waals surface area contributed by atoms with E-state index >= 15 is 0 Å². The quantitative estimate of drug-likeness (QED) is 0.776. The Morgan fingerprint density at radius 1 is 1.31 bits per heavy atom. The van der Waals surface area contributed by atoms with Gasteiger partial charge in [0.1, 0.15) is 11.6 Å². The van der Waals surface area contributed by atoms with Crippen molar-refractivity contribution in [2.24, 2.45) is 0 Å². The molecule has 4 heteroatoms. The first kappa shape index (κ1) is 9.51. The molecule has 0 atom stereocenters. The van der Waals surface area contributed by atoms with Crippen LogP contribution in [0.2, 0.25) is 0 Å². The zero-order valence-corrected chi connectivity index (χ0v) is 8.39. The fraction of sp³-hybridized carbons (Fsp3) is 0.250. The largest absolute Gasteiger partial charge is 0.357 e. The zero-order chi connectivity index (χ0) is 11.3. The molecule has 0 radical (unpaired) electrons. The number of benzene rings is 1. The number of halogens is 2. The molecule has 0 bridgehead atoms. The number of carbonyl (C=O) groups excluding carboxylic acids is 1. The lowest BCUT2D eigenvalue weighted by Crippen LogP contribution is -1.87. The molecule has 0 unspecified atom stereocenters. The Bertz CT molecular complexity index is 584. The van der Waals surface area contributed by atoms with Gasteiger partial charge in [-0.25, -0.2) is 8.78 Å². The average molecular weight is 221 g/mol. The topological polar surface area (TPSA) is 32.9 Å². The molecule has 1 aliphatic carbocycles. The van der Waals surface area contributed by atoms with Gasteiger partial charge in [0.05, 0.1) is 5.52 Å². The molecule has 82 valence electrons. The van der Waals surface area contributed by atoms with Crippen LogP contribution in [-0.2, 0) is 0 Å². The van der Waals surface area contributed by atoms with E-state index in [0.717, 1.165) is 24.6 Å². The first-order valence-corrected chi connectivity index (χ1v) is 5.16. The molecule has 2 aromatic rings. The van der Waals surface area contributed by atoms with Crippen LogP contribution in [0.1, 0.15) is 34.8 Å². The number of nitrogens with one attached hydrogen (secondary N) is 1. The normalized spacial score (nSPS) is 15.6. The maximum atomic E-state index is 13.6. The van der Waals surface area contributed by atoms with E-state index in [2.05, 4.69) is 4.98 Å². The number of hydrogen-bond donors (Lipinski definition) is 1. The lowest BCUT2D eigenvalue weighted by molar-refractivity contribution is 0.112. The van der Waals surface area contributed by atoms with Gasteiger partial charge in [-0.15, -0.1) is 0 Å². The number of carbonyl (C=O) groups is 1. The highest BCUT2D eigenvalue weighted by Crippen LogP contribution is 2.43. The zero-order valence-electron chi connectivity index (χ0n) is 8.39. The van der Waals surface area contributed by atoms with Gasteiger partial charge in [-0.05, 0) is 24.8 Å². The van der Waals surface area contributed by atoms with Gasteiger partial charge in [-0.1, -0.05) is 0 Å². The summed E-state index contributed by atoms with van der Waals surface area (Å²) < 4.78 is 26.6. The van der Waals surface area contributed by atoms with Crippen molar-refractivity contribution in [3.63, 3.8) is 0 Å². The second kappa shape index (κ2) is 3.14. The molecule has 1 aromatic heterocycles. The van der Waals surface area contributed by atoms with Crippen molar-refractivity contribution in [1.29, 1.82) is 0 Å². The standard InChI is InChI=1S/C12H9F2NO/c13-7-3-9(14)11-8(5-16)12(6-1-2-6)15-10(11)4-7/h3-6,15H,1-2H2. The van der Waals surface area contributed by atoms with Crippen molar-refractivity contribution in [2.75, 3.05) is 0 Å². The number of fused-ring (bicyclic) bond motifs is 1. The Morgan fingerprint density at radius 2 is 2.06 bits per heavy atom. The SMILES string of the molecule is O=Cc1c(C2CC2)[nH]c2cc(F)cc(F)c12. The molecule has 1 aromatic carbocycles. The van der Waals surface area contributed by atoms with E-state index in [1.807, 2.05) is 0 Å². The molecule has 1 N–H and O–H groups in total. The highest BCUT2D eigenvalue weighted by Gasteiger charge is 2.29. The van der Waals surface area contributed by atoms with Crippen LogP contribution in [0.5, 0.6) is 0 Å². The summed E-state index contributed by atoms with van der Waals surface area (Å²) in [4.78, 5) is 13.9. The third kappa shape index (κ3) is 1.26. The van der Waals surface area contributed by atoms with Crippen molar-refractivity contribution in [3.8, 4) is 0 Å². The molecule has 2 nitrogen and oxygen atoms in total. The molecule has 0 saturated heterocycles. The minimum atomic E-state index is -0.680. The fourth-order valence-corrected chi connectivity index (χ4v) is 2.11. The molecule has 0 spiro atoms. The van der Waals surface area contributed by atoms with Gasteiger partial charge in [-0.3, -0.25) is 4.79 Å². The van der Waals surface area contributed by atoms with E-state index in [0.29, 0.717) is 23.3 Å². The molecule has 0 aliphatic heterocycles. The highest BCUT2D eigenvalue weighted by atomic mass is 19.1. The summed E-state index contributed by atoms with van der Waals surface area (Å²) in [6.45, 7) is 0. The molecular weight excluding hydrogens is 212 g/mol. The van der Waals surface area contributed by atoms with Crippen LogP contribution in [0.25, 0.3) is 10.9 Å². The third-order valence-corrected chi connectivity index (χ3v) is 2.99. The van der Waals surface area contributed by atoms with Gasteiger partial charge >= 0.3 is 0 Å². The smallest absolute Gasteiger partial charge is 0.152 e. The molecule has 1 saturated carbocycles. The number of aldehydes is 1. The molecule has 1 aliphatic rings. The number of hydrogen-bond acceptors (Lipinski definition) is 1. The number of aromatic amines is 1. The summed E-state index contributed by atoms with van der Waals surface area (Å²) in [5.74, 6) is -1.01. The van der Waals surface area contributed by atoms with Gasteiger partial charge in [0.2, 0.25) is 0 Å². The van der Waals surface area contributed by atoms with E-state index < -0.39 is 11.6 Å². The van der Waals surface area contributed by atoms with E-state index in [-0.39, 0.29) is 5.39 Å². The summed E-state index contributed by atoms with van der Waals surface area (Å²) >= 11 is 0. The molecule has 0 amide bonds. The minimum absolute atomic E-state index is 0.207. The molecule has 16 heavy (non-hydrogen) atoms. The first-order chi connectivity index (χ1) is 7.70. The lowest BCUT2D eigenvalue weighted by Gasteiger charge is -1.95. The van der Waals surface area contributed by atoms with E-state index in [4.69, 9.17) is 0 Å². The van der Waals surface area contributed by atoms with Gasteiger partial charge in [0.15, 0.2) is 6.29 Å². The Labute approximate surface area is 90.3 Å². The van der Waals surface area contributed by atoms with Crippen LogP contribution in [0.3, 0.4) is 0 Å². The summed E-state index contributed by atoms with van der Waals surface area (Å²) in [5.41, 5.74) is 1.45. The second-order valence-electron chi connectivity index (χ2n) is 4.15. The van der Waals surface area contributed by atoms with E-state index in [9.17, 15) is 13.6 Å². The Kier molecular flexibility index (Phi) is 1.87. The van der Waals surface area contributed by atoms with Gasteiger partial charge in [0.25, 0.3) is 0 Å². The van der Waals surface area contributed by atoms with Crippen LogP contribution >= 0.6 is 0 Å². The summed E-state index contributed by atoms with van der Waals surface area (Å²) in [7, 11) is 0. The van der Waals surface area contributed by atoms with Crippen LogP contribution in [-0.4, -0.2) is 11.3 Å². The maximum Gasteiger partial charge on any atom is 0.152 e. The van der Waals surface area contributed by atoms with E-state index in [1.54, 1.807) is 0 Å². The molecular formula is C12H9F2NO. The fourth-order valence-electron chi connectivity index (χ4n) is 2.11. The van der Waals surface area contributed by atoms with Crippen LogP contribution in [0, 0.1) is 11.6 Å². The lowest BCUT2D eigenvalue weighted by atomic mass is 10.1. The van der Waals surface area contributed by atoms with Crippen molar-refractivity contribution in [3.05, 3.63) is 35.0 Å². The highest BCUT2D eigenvalue weighted by molar-refractivity contribution is 5.99. The average Bonchev–Trinajstić information content (AvgIpc) is 2.99. The van der Waals surface area contributed by atoms with Crippen LogP contribution < -0.4 is 0 Å². The van der Waals surface area contributed by atoms with Crippen LogP contribution in [0.4, 0.5) is 8.78 Å². The Balaban J connectivity index is 2.37. The molecule has 1 heterocycles. The first-order valence-electron chi connectivity index (χ1n) is 5.16. The van der Waals surface area contributed by atoms with Crippen molar-refractivity contribution >= 4 is 17.2 Å². The van der Waals surface area contributed by atoms with Gasteiger partial charge in [0, 0.05) is 22.7 Å². The Hall–Kier alpha value is -1.71. The summed E-state index contributed by atoms with van der Waals surface area (Å²) in [6.07, 6.45) is 2.64. The van der Waals surface area contributed by atoms with E-state index in [1.165, 1.54) is 6.07 Å². The van der Waals surface area contributed by atoms with Crippen molar-refractivity contribution in [1.82, 2.24) is 4.98 Å². The second-order valence-corrected chi connectivity index (χ2v) is 4.15. The molecule has 3 rings (SSSR count). The summed E-state index contributed by atoms with van der Waals surface area (Å²) in [5, 5.41) is 0.207. The molecule has 1 fully saturated rings. The van der Waals surface area contributed by atoms with Crippen molar-refractivity contribution in [2.45, 2.75) is 18.8 Å². The minimum Gasteiger partial charge on any atom is -0.357 e. The number of rotatable bonds is 2. The maximum absolute atomic E-state index is 13.6. The van der Waals surface area contributed by atoms with Crippen molar-refractivity contribution < 1.29 is 13.6 Å². The summed E-state index contributed by atoms with van der Waals surface area (Å²) in [6, 6.07) is 2.02. The van der Waals surface area contributed by atoms with Gasteiger partial charge < -0.3 is 4.98 Å². The monoisotopic (exact) mass is 221 g/mol. The van der Waals surface area contributed by atoms with Gasteiger partial charge in [-0.2, -0.15) is 0 Å². The predicted octanol–water partition coefficient (Wildman–Crippen LogP) is 3.14. The predicted molar refractivity (Wildman–Crippen MR) is 55.6 cm³/mol. The Morgan fingerprint density at radius 3 is 2.69 bits per heavy atom.